The summed E-state index contributed by atoms with van der Waals surface area (Å²) in [5, 5.41) is 16.9. The number of carbonyl (C=O) groups is 1. The Labute approximate surface area is 59.8 Å². The Hall–Kier alpha value is -0.865. The minimum atomic E-state index is -1.57. The van der Waals surface area contributed by atoms with E-state index in [1.54, 1.807) is 6.92 Å². The van der Waals surface area contributed by atoms with E-state index >= 15 is 0 Å². The molecule has 0 aliphatic rings. The fourth-order valence-electron chi connectivity index (χ4n) is 0.401. The maximum absolute atomic E-state index is 9.99. The molecule has 2 N–H and O–H groups in total. The molecule has 10 heavy (non-hydrogen) atoms. The zero-order valence-electron chi connectivity index (χ0n) is 5.74. The van der Waals surface area contributed by atoms with E-state index in [1.807, 2.05) is 0 Å². The van der Waals surface area contributed by atoms with Crippen LogP contribution in [0.15, 0.2) is 23.7 Å². The fourth-order valence-corrected chi connectivity index (χ4v) is 0.401. The number of hydrogen-bond donors (Lipinski definition) is 2. The first kappa shape index (κ1) is 9.13. The quantitative estimate of drug-likeness (QED) is 0.245. The number of allylic oxidation sites excluding steroid dienone is 3. The molecule has 4 heteroatoms. The lowest BCUT2D eigenvalue weighted by Gasteiger charge is -1.95. The fraction of sp³-hybridized carbons (Fsp3) is 0.167. The van der Waals surface area contributed by atoms with E-state index in [0.717, 1.165) is 0 Å². The Morgan fingerprint density at radius 3 is 2.40 bits per heavy atom. The van der Waals surface area contributed by atoms with Gasteiger partial charge in [-0.25, -0.2) is 0 Å². The lowest BCUT2D eigenvalue weighted by Crippen LogP contribution is -2.12. The van der Waals surface area contributed by atoms with Crippen molar-refractivity contribution >= 4 is 13.4 Å². The van der Waals surface area contributed by atoms with Crippen molar-refractivity contribution in [2.75, 3.05) is 0 Å². The zero-order chi connectivity index (χ0) is 8.15. The lowest BCUT2D eigenvalue weighted by molar-refractivity contribution is -0.104. The van der Waals surface area contributed by atoms with Gasteiger partial charge in [0.1, 0.15) is 6.29 Å². The van der Waals surface area contributed by atoms with E-state index < -0.39 is 7.12 Å². The molecule has 0 saturated carbocycles. The standard InChI is InChI=1S/C6H9BO3/c1-5(4-8)3-6(2)7(9)10/h3-4,9-10H,2H2,1H3/b5-3+. The van der Waals surface area contributed by atoms with Crippen LogP contribution in [0.4, 0.5) is 0 Å². The lowest BCUT2D eigenvalue weighted by atomic mass is 9.80. The normalized spacial score (nSPS) is 10.9. The van der Waals surface area contributed by atoms with Gasteiger partial charge in [-0.2, -0.15) is 0 Å². The largest absolute Gasteiger partial charge is 0.487 e. The molecular formula is C6H9BO3. The molecule has 0 saturated heterocycles. The summed E-state index contributed by atoms with van der Waals surface area (Å²) in [6.07, 6.45) is 1.94. The summed E-state index contributed by atoms with van der Waals surface area (Å²) in [6, 6.07) is 0. The van der Waals surface area contributed by atoms with Crippen LogP contribution in [-0.2, 0) is 4.79 Å². The molecule has 0 amide bonds. The zero-order valence-corrected chi connectivity index (χ0v) is 5.74. The third-order valence-corrected chi connectivity index (χ3v) is 0.931. The molecule has 54 valence electrons. The van der Waals surface area contributed by atoms with E-state index in [2.05, 4.69) is 6.58 Å². The van der Waals surface area contributed by atoms with Crippen LogP contribution < -0.4 is 0 Å². The Kier molecular flexibility index (Phi) is 3.68. The molecule has 0 aromatic heterocycles. The molecule has 0 aromatic rings. The van der Waals surface area contributed by atoms with Crippen molar-refractivity contribution in [2.45, 2.75) is 6.92 Å². The van der Waals surface area contributed by atoms with Crippen LogP contribution in [0.2, 0.25) is 0 Å². The van der Waals surface area contributed by atoms with Gasteiger partial charge in [0.2, 0.25) is 0 Å². The second-order valence-electron chi connectivity index (χ2n) is 1.95. The average Bonchev–Trinajstić information content (AvgIpc) is 1.87. The van der Waals surface area contributed by atoms with Crippen LogP contribution >= 0.6 is 0 Å². The molecule has 0 rings (SSSR count). The third kappa shape index (κ3) is 3.22. The van der Waals surface area contributed by atoms with Crippen molar-refractivity contribution in [1.82, 2.24) is 0 Å². The Morgan fingerprint density at radius 1 is 1.60 bits per heavy atom. The van der Waals surface area contributed by atoms with Crippen LogP contribution in [0.1, 0.15) is 6.92 Å². The highest BCUT2D eigenvalue weighted by atomic mass is 16.4. The van der Waals surface area contributed by atoms with Crippen LogP contribution in [0, 0.1) is 0 Å². The van der Waals surface area contributed by atoms with Crippen molar-refractivity contribution in [1.29, 1.82) is 0 Å². The highest BCUT2D eigenvalue weighted by Gasteiger charge is 2.08. The summed E-state index contributed by atoms with van der Waals surface area (Å²) in [7, 11) is -1.57. The molecule has 0 radical (unpaired) electrons. The summed E-state index contributed by atoms with van der Waals surface area (Å²) in [5.74, 6) is 0. The van der Waals surface area contributed by atoms with Crippen molar-refractivity contribution in [2.24, 2.45) is 0 Å². The summed E-state index contributed by atoms with van der Waals surface area (Å²) >= 11 is 0. The van der Waals surface area contributed by atoms with Gasteiger partial charge in [0, 0.05) is 0 Å². The van der Waals surface area contributed by atoms with Crippen LogP contribution in [0.3, 0.4) is 0 Å². The molecule has 0 heterocycles. The van der Waals surface area contributed by atoms with Gasteiger partial charge in [0.15, 0.2) is 0 Å². The molecule has 0 aromatic carbocycles. The first-order valence-electron chi connectivity index (χ1n) is 2.76. The van der Waals surface area contributed by atoms with Crippen molar-refractivity contribution < 1.29 is 14.8 Å². The molecular weight excluding hydrogens is 131 g/mol. The highest BCUT2D eigenvalue weighted by molar-refractivity contribution is 6.51. The molecule has 0 unspecified atom stereocenters. The maximum Gasteiger partial charge on any atom is 0.487 e. The molecule has 0 bridgehead atoms. The molecule has 0 aliphatic heterocycles. The molecule has 0 spiro atoms. The van der Waals surface area contributed by atoms with Gasteiger partial charge in [-0.1, -0.05) is 12.7 Å². The highest BCUT2D eigenvalue weighted by Crippen LogP contribution is 1.97. The maximum atomic E-state index is 9.99. The Morgan fingerprint density at radius 2 is 2.10 bits per heavy atom. The minimum absolute atomic E-state index is 0.115. The second-order valence-corrected chi connectivity index (χ2v) is 1.95. The van der Waals surface area contributed by atoms with E-state index in [9.17, 15) is 4.79 Å². The smallest absolute Gasteiger partial charge is 0.423 e. The number of carbonyl (C=O) groups excluding carboxylic acids is 1. The van der Waals surface area contributed by atoms with E-state index in [-0.39, 0.29) is 5.47 Å². The molecule has 0 atom stereocenters. The van der Waals surface area contributed by atoms with Gasteiger partial charge in [0.25, 0.3) is 0 Å². The number of rotatable bonds is 3. The average molecular weight is 140 g/mol. The van der Waals surface area contributed by atoms with Crippen LogP contribution in [0.5, 0.6) is 0 Å². The summed E-state index contributed by atoms with van der Waals surface area (Å²) in [5.41, 5.74) is 0.530. The third-order valence-electron chi connectivity index (χ3n) is 0.931. The topological polar surface area (TPSA) is 57.5 Å². The van der Waals surface area contributed by atoms with Crippen LogP contribution in [0.25, 0.3) is 0 Å². The minimum Gasteiger partial charge on any atom is -0.423 e. The van der Waals surface area contributed by atoms with E-state index in [1.165, 1.54) is 6.08 Å². The van der Waals surface area contributed by atoms with Gasteiger partial charge < -0.3 is 10.0 Å². The predicted molar refractivity (Wildman–Crippen MR) is 39.2 cm³/mol. The number of hydrogen-bond acceptors (Lipinski definition) is 3. The summed E-state index contributed by atoms with van der Waals surface area (Å²) in [6.45, 7) is 4.86. The Balaban J connectivity index is 4.13. The van der Waals surface area contributed by atoms with Crippen molar-refractivity contribution in [3.05, 3.63) is 23.7 Å². The van der Waals surface area contributed by atoms with Gasteiger partial charge in [-0.15, -0.1) is 0 Å². The molecule has 3 nitrogen and oxygen atoms in total. The first-order chi connectivity index (χ1) is 4.57. The Bertz CT molecular complexity index is 172. The molecule has 0 aliphatic carbocycles. The second kappa shape index (κ2) is 4.03. The van der Waals surface area contributed by atoms with Crippen molar-refractivity contribution in [3.63, 3.8) is 0 Å². The van der Waals surface area contributed by atoms with E-state index in [0.29, 0.717) is 11.9 Å². The molecule has 0 fully saturated rings. The van der Waals surface area contributed by atoms with Gasteiger partial charge in [-0.05, 0) is 18.0 Å². The van der Waals surface area contributed by atoms with Crippen LogP contribution in [-0.4, -0.2) is 23.5 Å². The van der Waals surface area contributed by atoms with Crippen molar-refractivity contribution in [3.8, 4) is 0 Å². The monoisotopic (exact) mass is 140 g/mol. The SMILES string of the molecule is C=C(/C=C(\C)C=O)B(O)O. The summed E-state index contributed by atoms with van der Waals surface area (Å²) < 4.78 is 0. The van der Waals surface area contributed by atoms with Gasteiger partial charge in [0.05, 0.1) is 0 Å². The van der Waals surface area contributed by atoms with E-state index in [4.69, 9.17) is 10.0 Å². The predicted octanol–water partition coefficient (Wildman–Crippen LogP) is -0.300. The van der Waals surface area contributed by atoms with Gasteiger partial charge >= 0.3 is 7.12 Å². The number of aldehydes is 1. The summed E-state index contributed by atoms with van der Waals surface area (Å²) in [4.78, 5) is 9.99. The first-order valence-corrected chi connectivity index (χ1v) is 2.76. The van der Waals surface area contributed by atoms with Gasteiger partial charge in [-0.3, -0.25) is 4.79 Å².